The number of aliphatic hydroxyl groups is 2. The lowest BCUT2D eigenvalue weighted by atomic mass is 9.95. The van der Waals surface area contributed by atoms with Crippen LogP contribution in [0.2, 0.25) is 0 Å². The smallest absolute Gasteiger partial charge is 0.311 e. The summed E-state index contributed by atoms with van der Waals surface area (Å²) >= 11 is 0. The van der Waals surface area contributed by atoms with Gasteiger partial charge in [-0.25, -0.2) is 8.78 Å². The van der Waals surface area contributed by atoms with E-state index in [1.807, 2.05) is 0 Å². The third-order valence-electron chi connectivity index (χ3n) is 6.11. The van der Waals surface area contributed by atoms with Gasteiger partial charge in [0.25, 0.3) is 0 Å². The van der Waals surface area contributed by atoms with Crippen molar-refractivity contribution in [3.63, 3.8) is 0 Å². The summed E-state index contributed by atoms with van der Waals surface area (Å²) in [6.07, 6.45) is 3.85. The second kappa shape index (κ2) is 12.5. The lowest BCUT2D eigenvalue weighted by molar-refractivity contribution is -0.386. The summed E-state index contributed by atoms with van der Waals surface area (Å²) in [5.41, 5.74) is -0.468. The van der Waals surface area contributed by atoms with Crippen LogP contribution in [-0.4, -0.2) is 44.5 Å². The number of benzene rings is 2. The molecule has 2 N–H and O–H groups in total. The van der Waals surface area contributed by atoms with Crippen molar-refractivity contribution in [2.24, 2.45) is 0 Å². The zero-order chi connectivity index (χ0) is 26.2. The van der Waals surface area contributed by atoms with Crippen LogP contribution in [0.3, 0.4) is 0 Å². The standard InChI is InChI=1S/2C12H14FNO4/c2*13-8-1-6-11(14(16)17)12(7-8)18-10-4-2-9(15)3-5-10/h2*1,6-7,9-10,15H,2-5H2. The van der Waals surface area contributed by atoms with Crippen molar-refractivity contribution in [2.75, 3.05) is 0 Å². The second-order valence-corrected chi connectivity index (χ2v) is 8.84. The van der Waals surface area contributed by atoms with Crippen molar-refractivity contribution >= 4 is 11.4 Å². The predicted molar refractivity (Wildman–Crippen MR) is 124 cm³/mol. The van der Waals surface area contributed by atoms with Crippen LogP contribution >= 0.6 is 0 Å². The zero-order valence-electron chi connectivity index (χ0n) is 19.4. The van der Waals surface area contributed by atoms with E-state index in [0.717, 1.165) is 36.4 Å². The van der Waals surface area contributed by atoms with E-state index >= 15 is 0 Å². The van der Waals surface area contributed by atoms with Crippen LogP contribution < -0.4 is 9.47 Å². The molecular formula is C24H28F2N2O8. The highest BCUT2D eigenvalue weighted by molar-refractivity contribution is 5.47. The first-order chi connectivity index (χ1) is 17.1. The van der Waals surface area contributed by atoms with E-state index in [1.165, 1.54) is 0 Å². The lowest BCUT2D eigenvalue weighted by Gasteiger charge is -2.25. The number of ether oxygens (including phenoxy) is 2. The Hall–Kier alpha value is -3.38. The van der Waals surface area contributed by atoms with Crippen LogP contribution in [0.25, 0.3) is 0 Å². The molecule has 10 nitrogen and oxygen atoms in total. The molecule has 36 heavy (non-hydrogen) atoms. The molecule has 0 amide bonds. The van der Waals surface area contributed by atoms with Gasteiger partial charge in [-0.15, -0.1) is 0 Å². The summed E-state index contributed by atoms with van der Waals surface area (Å²) in [7, 11) is 0. The molecule has 2 fully saturated rings. The molecule has 0 atom stereocenters. The summed E-state index contributed by atoms with van der Waals surface area (Å²) in [6.45, 7) is 0. The first-order valence-electron chi connectivity index (χ1n) is 11.7. The zero-order valence-corrected chi connectivity index (χ0v) is 19.4. The van der Waals surface area contributed by atoms with E-state index in [2.05, 4.69) is 0 Å². The molecule has 0 spiro atoms. The molecule has 2 aliphatic rings. The van der Waals surface area contributed by atoms with Gasteiger partial charge in [-0.3, -0.25) is 20.2 Å². The third-order valence-corrected chi connectivity index (χ3v) is 6.11. The van der Waals surface area contributed by atoms with E-state index < -0.39 is 21.5 Å². The van der Waals surface area contributed by atoms with Crippen LogP contribution in [0.15, 0.2) is 36.4 Å². The average molecular weight is 510 g/mol. The first-order valence-corrected chi connectivity index (χ1v) is 11.7. The molecule has 2 aromatic carbocycles. The van der Waals surface area contributed by atoms with Gasteiger partial charge in [0.05, 0.1) is 34.3 Å². The van der Waals surface area contributed by atoms with Gasteiger partial charge in [-0.05, 0) is 63.5 Å². The van der Waals surface area contributed by atoms with Crippen molar-refractivity contribution in [1.82, 2.24) is 0 Å². The van der Waals surface area contributed by atoms with E-state index in [9.17, 15) is 39.2 Å². The molecule has 0 unspecified atom stereocenters. The minimum atomic E-state index is -0.591. The van der Waals surface area contributed by atoms with E-state index in [-0.39, 0.29) is 47.3 Å². The van der Waals surface area contributed by atoms with E-state index in [4.69, 9.17) is 9.47 Å². The Morgan fingerprint density at radius 2 is 1.00 bits per heavy atom. The first kappa shape index (κ1) is 27.2. The molecule has 0 saturated heterocycles. The quantitative estimate of drug-likeness (QED) is 0.415. The SMILES string of the molecule is O=[N+]([O-])c1ccc(F)cc1OC1CCC(O)CC1.O=[N+]([O-])c1ccc(F)cc1OC1CCC(O)CC1. The van der Waals surface area contributed by atoms with Crippen molar-refractivity contribution in [2.45, 2.75) is 75.8 Å². The Kier molecular flexibility index (Phi) is 9.48. The summed E-state index contributed by atoms with van der Waals surface area (Å²) in [4.78, 5) is 20.4. The minimum Gasteiger partial charge on any atom is -0.483 e. The minimum absolute atomic E-state index is 0.0404. The number of hydrogen-bond donors (Lipinski definition) is 2. The number of halogens is 2. The number of nitrogens with zero attached hydrogens (tertiary/aromatic N) is 2. The molecule has 0 aromatic heterocycles. The lowest BCUT2D eigenvalue weighted by Crippen LogP contribution is -2.26. The van der Waals surface area contributed by atoms with Crippen molar-refractivity contribution in [1.29, 1.82) is 0 Å². The fraction of sp³-hybridized carbons (Fsp3) is 0.500. The van der Waals surface area contributed by atoms with Crippen LogP contribution in [0.5, 0.6) is 11.5 Å². The maximum atomic E-state index is 13.1. The van der Waals surface area contributed by atoms with Crippen LogP contribution in [0.4, 0.5) is 20.2 Å². The molecule has 4 rings (SSSR count). The highest BCUT2D eigenvalue weighted by Gasteiger charge is 2.25. The van der Waals surface area contributed by atoms with Gasteiger partial charge >= 0.3 is 11.4 Å². The molecule has 0 aliphatic heterocycles. The van der Waals surface area contributed by atoms with Crippen molar-refractivity contribution in [3.05, 3.63) is 68.3 Å². The van der Waals surface area contributed by atoms with Crippen LogP contribution in [0, 0.1) is 31.9 Å². The Balaban J connectivity index is 0.000000201. The topological polar surface area (TPSA) is 145 Å². The van der Waals surface area contributed by atoms with Crippen molar-refractivity contribution < 1.29 is 38.3 Å². The molecule has 2 aromatic rings. The summed E-state index contributed by atoms with van der Waals surface area (Å²) < 4.78 is 37.1. The van der Waals surface area contributed by atoms with E-state index in [1.54, 1.807) is 0 Å². The summed E-state index contributed by atoms with van der Waals surface area (Å²) in [5, 5.41) is 40.3. The normalized spacial score (nSPS) is 23.7. The molecule has 0 bridgehead atoms. The fourth-order valence-electron chi connectivity index (χ4n) is 4.15. The summed E-state index contributed by atoms with van der Waals surface area (Å²) in [6, 6.07) is 6.34. The van der Waals surface area contributed by atoms with Gasteiger partial charge in [-0.2, -0.15) is 0 Å². The Morgan fingerprint density at radius 3 is 1.31 bits per heavy atom. The van der Waals surface area contributed by atoms with Crippen LogP contribution in [0.1, 0.15) is 51.4 Å². The number of nitro groups is 2. The molecule has 0 radical (unpaired) electrons. The molecular weight excluding hydrogens is 482 g/mol. The van der Waals surface area contributed by atoms with Gasteiger partial charge in [-0.1, -0.05) is 0 Å². The highest BCUT2D eigenvalue weighted by atomic mass is 19.1. The highest BCUT2D eigenvalue weighted by Crippen LogP contribution is 2.32. The van der Waals surface area contributed by atoms with Gasteiger partial charge < -0.3 is 19.7 Å². The molecule has 2 saturated carbocycles. The average Bonchev–Trinajstić information content (AvgIpc) is 2.82. The maximum Gasteiger partial charge on any atom is 0.311 e. The maximum absolute atomic E-state index is 13.1. The largest absolute Gasteiger partial charge is 0.483 e. The van der Waals surface area contributed by atoms with Gasteiger partial charge in [0, 0.05) is 24.3 Å². The second-order valence-electron chi connectivity index (χ2n) is 8.84. The monoisotopic (exact) mass is 510 g/mol. The van der Waals surface area contributed by atoms with Crippen LogP contribution in [-0.2, 0) is 0 Å². The van der Waals surface area contributed by atoms with Gasteiger partial charge in [0.15, 0.2) is 11.5 Å². The number of aliphatic hydroxyl groups excluding tert-OH is 2. The third kappa shape index (κ3) is 7.82. The molecule has 196 valence electrons. The van der Waals surface area contributed by atoms with E-state index in [0.29, 0.717) is 51.4 Å². The predicted octanol–water partition coefficient (Wildman–Crippen LogP) is 4.83. The van der Waals surface area contributed by atoms with Gasteiger partial charge in [0.2, 0.25) is 0 Å². The fourth-order valence-corrected chi connectivity index (χ4v) is 4.15. The van der Waals surface area contributed by atoms with Crippen molar-refractivity contribution in [3.8, 4) is 11.5 Å². The summed E-state index contributed by atoms with van der Waals surface area (Å²) in [5.74, 6) is -1.21. The Labute approximate surface area is 205 Å². The number of hydrogen-bond acceptors (Lipinski definition) is 8. The Morgan fingerprint density at radius 1 is 0.667 bits per heavy atom. The molecule has 12 heteroatoms. The molecule has 2 aliphatic carbocycles. The number of nitro benzene ring substituents is 2. The molecule has 0 heterocycles. The Bertz CT molecular complexity index is 971. The van der Waals surface area contributed by atoms with Gasteiger partial charge in [0.1, 0.15) is 11.6 Å². The number of rotatable bonds is 6.